The normalized spacial score (nSPS) is 11.8. The number of nitrogens with zero attached hydrogens (tertiary/aromatic N) is 7. The maximum absolute atomic E-state index is 9.32. The second kappa shape index (κ2) is 7.94. The number of hydrogen-bond donors (Lipinski definition) is 1. The molecular formula is C20H21IN8. The fourth-order valence-electron chi connectivity index (χ4n) is 3.58. The largest absolute Gasteiger partial charge is 0.281 e. The minimum Gasteiger partial charge on any atom is -0.281 e. The Morgan fingerprint density at radius 1 is 1.21 bits per heavy atom. The predicted molar refractivity (Wildman–Crippen MR) is 118 cm³/mol. The van der Waals surface area contributed by atoms with Crippen molar-refractivity contribution < 1.29 is 0 Å². The summed E-state index contributed by atoms with van der Waals surface area (Å²) in [6.45, 7) is 4.19. The Bertz CT molecular complexity index is 1170. The fourth-order valence-corrected chi connectivity index (χ4v) is 3.97. The van der Waals surface area contributed by atoms with Gasteiger partial charge < -0.3 is 0 Å². The van der Waals surface area contributed by atoms with E-state index in [2.05, 4.69) is 62.9 Å². The summed E-state index contributed by atoms with van der Waals surface area (Å²) in [5, 5.41) is 25.8. The highest BCUT2D eigenvalue weighted by molar-refractivity contribution is 14.1. The van der Waals surface area contributed by atoms with Gasteiger partial charge in [-0.05, 0) is 25.0 Å². The van der Waals surface area contributed by atoms with Crippen molar-refractivity contribution in [3.05, 3.63) is 42.6 Å². The van der Waals surface area contributed by atoms with Crippen LogP contribution in [0.2, 0.25) is 0 Å². The van der Waals surface area contributed by atoms with Gasteiger partial charge in [-0.25, -0.2) is 9.50 Å². The van der Waals surface area contributed by atoms with Crippen molar-refractivity contribution in [2.24, 2.45) is 0 Å². The molecule has 0 unspecified atom stereocenters. The van der Waals surface area contributed by atoms with Crippen molar-refractivity contribution >= 4 is 28.1 Å². The van der Waals surface area contributed by atoms with Gasteiger partial charge in [-0.3, -0.25) is 9.78 Å². The molecule has 0 saturated carbocycles. The molecular weight excluding hydrogens is 479 g/mol. The number of halogens is 1. The van der Waals surface area contributed by atoms with Crippen LogP contribution in [-0.4, -0.2) is 34.6 Å². The van der Waals surface area contributed by atoms with Crippen LogP contribution in [-0.2, 0) is 9.97 Å². The Kier molecular flexibility index (Phi) is 5.36. The summed E-state index contributed by atoms with van der Waals surface area (Å²) in [4.78, 5) is 4.89. The SMILES string of the molecule is CCC(CC)(CC#N)n1cc(-c2nc(-c3cc(CI)[nH]n3)cn3nccc23)cn1. The molecule has 0 aliphatic carbocycles. The Labute approximate surface area is 182 Å². The van der Waals surface area contributed by atoms with E-state index in [9.17, 15) is 5.26 Å². The van der Waals surface area contributed by atoms with Crippen LogP contribution < -0.4 is 0 Å². The summed E-state index contributed by atoms with van der Waals surface area (Å²) in [6, 6.07) is 6.26. The van der Waals surface area contributed by atoms with Gasteiger partial charge in [-0.1, -0.05) is 36.4 Å². The summed E-state index contributed by atoms with van der Waals surface area (Å²) >= 11 is 2.30. The van der Waals surface area contributed by atoms with Crippen LogP contribution in [0, 0.1) is 11.3 Å². The Morgan fingerprint density at radius 3 is 2.72 bits per heavy atom. The number of aromatic amines is 1. The molecule has 1 N–H and O–H groups in total. The van der Waals surface area contributed by atoms with Gasteiger partial charge in [0.1, 0.15) is 11.4 Å². The smallest absolute Gasteiger partial charge is 0.112 e. The Hall–Kier alpha value is -2.74. The number of rotatable bonds is 7. The molecule has 29 heavy (non-hydrogen) atoms. The molecule has 9 heteroatoms. The molecule has 0 fully saturated rings. The maximum atomic E-state index is 9.32. The second-order valence-electron chi connectivity index (χ2n) is 6.99. The highest BCUT2D eigenvalue weighted by Gasteiger charge is 2.29. The lowest BCUT2D eigenvalue weighted by molar-refractivity contribution is 0.240. The average molecular weight is 500 g/mol. The third kappa shape index (κ3) is 3.42. The van der Waals surface area contributed by atoms with Crippen LogP contribution in [0.25, 0.3) is 28.2 Å². The lowest BCUT2D eigenvalue weighted by Gasteiger charge is -2.29. The third-order valence-electron chi connectivity index (χ3n) is 5.49. The molecule has 0 bridgehead atoms. The van der Waals surface area contributed by atoms with E-state index in [1.54, 1.807) is 6.20 Å². The van der Waals surface area contributed by atoms with Crippen LogP contribution in [0.15, 0.2) is 36.9 Å². The first kappa shape index (κ1) is 19.6. The number of aromatic nitrogens is 7. The van der Waals surface area contributed by atoms with Gasteiger partial charge in [0.2, 0.25) is 0 Å². The molecule has 0 spiro atoms. The molecule has 0 aliphatic heterocycles. The van der Waals surface area contributed by atoms with Crippen LogP contribution in [0.1, 0.15) is 38.8 Å². The highest BCUT2D eigenvalue weighted by atomic mass is 127. The molecule has 4 heterocycles. The van der Waals surface area contributed by atoms with E-state index in [1.165, 1.54) is 0 Å². The minimum absolute atomic E-state index is 0.307. The quantitative estimate of drug-likeness (QED) is 0.301. The number of nitrogens with one attached hydrogen (secondary N) is 1. The monoisotopic (exact) mass is 500 g/mol. The number of alkyl halides is 1. The first-order valence-electron chi connectivity index (χ1n) is 9.51. The third-order valence-corrected chi connectivity index (χ3v) is 6.32. The first-order chi connectivity index (χ1) is 14.1. The van der Waals surface area contributed by atoms with E-state index in [0.29, 0.717) is 6.42 Å². The molecule has 0 saturated heterocycles. The van der Waals surface area contributed by atoms with Crippen molar-refractivity contribution in [2.75, 3.05) is 0 Å². The van der Waals surface area contributed by atoms with Gasteiger partial charge in [0.25, 0.3) is 0 Å². The molecule has 0 aromatic carbocycles. The summed E-state index contributed by atoms with van der Waals surface area (Å²) in [6.07, 6.45) is 9.53. The fraction of sp³-hybridized carbons (Fsp3) is 0.350. The van der Waals surface area contributed by atoms with E-state index < -0.39 is 0 Å². The molecule has 8 nitrogen and oxygen atoms in total. The van der Waals surface area contributed by atoms with Crippen LogP contribution in [0.4, 0.5) is 0 Å². The van der Waals surface area contributed by atoms with E-state index >= 15 is 0 Å². The maximum Gasteiger partial charge on any atom is 0.112 e. The number of fused-ring (bicyclic) bond motifs is 1. The van der Waals surface area contributed by atoms with E-state index in [4.69, 9.17) is 4.98 Å². The van der Waals surface area contributed by atoms with E-state index in [-0.39, 0.29) is 5.54 Å². The number of nitriles is 1. The van der Waals surface area contributed by atoms with Crippen molar-refractivity contribution in [2.45, 2.75) is 43.1 Å². The van der Waals surface area contributed by atoms with Crippen molar-refractivity contribution in [3.8, 4) is 28.7 Å². The Morgan fingerprint density at radius 2 is 2.03 bits per heavy atom. The van der Waals surface area contributed by atoms with Gasteiger partial charge >= 0.3 is 0 Å². The van der Waals surface area contributed by atoms with Gasteiger partial charge in [0, 0.05) is 21.9 Å². The summed E-state index contributed by atoms with van der Waals surface area (Å²) in [5.74, 6) is 0. The second-order valence-corrected chi connectivity index (χ2v) is 7.75. The van der Waals surface area contributed by atoms with Crippen molar-refractivity contribution in [1.29, 1.82) is 5.26 Å². The highest BCUT2D eigenvalue weighted by Crippen LogP contribution is 2.32. The molecule has 4 aromatic rings. The van der Waals surface area contributed by atoms with Crippen LogP contribution in [0.3, 0.4) is 0 Å². The molecule has 4 rings (SSSR count). The molecule has 0 aliphatic rings. The van der Waals surface area contributed by atoms with Gasteiger partial charge in [-0.15, -0.1) is 0 Å². The zero-order valence-electron chi connectivity index (χ0n) is 16.3. The van der Waals surface area contributed by atoms with Gasteiger partial charge in [-0.2, -0.15) is 20.6 Å². The Balaban J connectivity index is 1.83. The standard InChI is InChI=1S/C20H21IN8/c1-3-20(4-2,6-7-22)29-12-14(11-24-29)19-18-5-8-23-28(18)13-17(25-19)16-9-15(10-21)26-27-16/h5,8-9,11-13H,3-4,6,10H2,1-2H3,(H,26,27). The summed E-state index contributed by atoms with van der Waals surface area (Å²) in [7, 11) is 0. The summed E-state index contributed by atoms with van der Waals surface area (Å²) < 4.78 is 4.59. The van der Waals surface area contributed by atoms with Crippen LogP contribution in [0.5, 0.6) is 0 Å². The summed E-state index contributed by atoms with van der Waals surface area (Å²) in [5.41, 5.74) is 4.85. The lowest BCUT2D eigenvalue weighted by atomic mass is 9.90. The van der Waals surface area contributed by atoms with Crippen molar-refractivity contribution in [3.63, 3.8) is 0 Å². The van der Waals surface area contributed by atoms with Crippen molar-refractivity contribution in [1.82, 2.24) is 34.6 Å². The molecule has 0 radical (unpaired) electrons. The molecule has 148 valence electrons. The zero-order valence-corrected chi connectivity index (χ0v) is 18.5. The topological polar surface area (TPSA) is 100 Å². The van der Waals surface area contributed by atoms with Gasteiger partial charge in [0.05, 0.1) is 47.8 Å². The average Bonchev–Trinajstić information content (AvgIpc) is 3.51. The minimum atomic E-state index is -0.307. The molecule has 4 aromatic heterocycles. The van der Waals surface area contributed by atoms with Crippen LogP contribution >= 0.6 is 22.6 Å². The lowest BCUT2D eigenvalue weighted by Crippen LogP contribution is -2.32. The predicted octanol–water partition coefficient (Wildman–Crippen LogP) is 4.35. The van der Waals surface area contributed by atoms with Gasteiger partial charge in [0.15, 0.2) is 0 Å². The number of hydrogen-bond acceptors (Lipinski definition) is 5. The zero-order chi connectivity index (χ0) is 20.4. The van der Waals surface area contributed by atoms with E-state index in [0.717, 1.165) is 51.1 Å². The molecule has 0 atom stereocenters. The molecule has 0 amide bonds. The van der Waals surface area contributed by atoms with E-state index in [1.807, 2.05) is 39.9 Å². The number of H-pyrrole nitrogens is 1. The first-order valence-corrected chi connectivity index (χ1v) is 11.0.